The van der Waals surface area contributed by atoms with Crippen LogP contribution in [0.25, 0.3) is 0 Å². The molecule has 0 atom stereocenters. The lowest BCUT2D eigenvalue weighted by atomic mass is 9.98. The van der Waals surface area contributed by atoms with Gasteiger partial charge in [0.05, 0.1) is 11.1 Å². The normalized spacial score (nSPS) is 15.0. The third-order valence-electron chi connectivity index (χ3n) is 4.76. The van der Waals surface area contributed by atoms with Crippen molar-refractivity contribution in [1.82, 2.24) is 15.6 Å². The number of nitrogens with zero attached hydrogens (tertiary/aromatic N) is 2. The van der Waals surface area contributed by atoms with Crippen LogP contribution in [-0.4, -0.2) is 30.6 Å². The summed E-state index contributed by atoms with van der Waals surface area (Å²) in [5.74, 6) is 1.79. The molecule has 5 nitrogen and oxygen atoms in total. The lowest BCUT2D eigenvalue weighted by Crippen LogP contribution is -2.37. The summed E-state index contributed by atoms with van der Waals surface area (Å²) in [6.07, 6.45) is 9.54. The molecule has 0 radical (unpaired) electrons. The van der Waals surface area contributed by atoms with E-state index >= 15 is 0 Å². The SMILES string of the molecule is CN=C(NCCc1ncc(C)s1)NCc1ccc(OC2CCCCC2)cc1.I. The zero-order valence-corrected chi connectivity index (χ0v) is 19.9. The second-order valence-corrected chi connectivity index (χ2v) is 8.31. The Hall–Kier alpha value is -1.35. The highest BCUT2D eigenvalue weighted by molar-refractivity contribution is 14.0. The molecule has 1 aliphatic carbocycles. The van der Waals surface area contributed by atoms with Gasteiger partial charge in [-0.15, -0.1) is 35.3 Å². The largest absolute Gasteiger partial charge is 0.490 e. The molecule has 0 spiro atoms. The van der Waals surface area contributed by atoms with Gasteiger partial charge in [-0.3, -0.25) is 4.99 Å². The summed E-state index contributed by atoms with van der Waals surface area (Å²) < 4.78 is 6.09. The van der Waals surface area contributed by atoms with Crippen LogP contribution in [0.4, 0.5) is 0 Å². The molecule has 2 N–H and O–H groups in total. The molecule has 0 saturated heterocycles. The summed E-state index contributed by atoms with van der Waals surface area (Å²) in [5, 5.41) is 7.86. The van der Waals surface area contributed by atoms with Crippen molar-refractivity contribution in [2.75, 3.05) is 13.6 Å². The minimum atomic E-state index is 0. The number of halogens is 1. The first-order chi connectivity index (χ1) is 13.2. The van der Waals surface area contributed by atoms with Gasteiger partial charge in [0.2, 0.25) is 0 Å². The maximum atomic E-state index is 6.09. The number of nitrogens with one attached hydrogen (secondary N) is 2. The lowest BCUT2D eigenvalue weighted by molar-refractivity contribution is 0.155. The third-order valence-corrected chi connectivity index (χ3v) is 5.73. The van der Waals surface area contributed by atoms with Crippen LogP contribution in [0.5, 0.6) is 5.75 Å². The van der Waals surface area contributed by atoms with Gasteiger partial charge in [-0.25, -0.2) is 4.98 Å². The first kappa shape index (κ1) is 22.9. The van der Waals surface area contributed by atoms with Gasteiger partial charge in [-0.05, 0) is 50.3 Å². The predicted molar refractivity (Wildman–Crippen MR) is 128 cm³/mol. The van der Waals surface area contributed by atoms with E-state index in [1.807, 2.05) is 6.20 Å². The number of ether oxygens (including phenoxy) is 1. The number of aliphatic imine (C=N–C) groups is 1. The van der Waals surface area contributed by atoms with Gasteiger partial charge in [0.25, 0.3) is 0 Å². The standard InChI is InChI=1S/C21H30N4OS.HI/c1-16-14-24-20(27-16)12-13-23-21(22-2)25-15-17-8-10-19(11-9-17)26-18-6-4-3-5-7-18;/h8-11,14,18H,3-7,12-13,15H2,1-2H3,(H2,22,23,25);1H. The van der Waals surface area contributed by atoms with Crippen molar-refractivity contribution in [1.29, 1.82) is 0 Å². The molecule has 1 aliphatic rings. The highest BCUT2D eigenvalue weighted by Crippen LogP contribution is 2.23. The Bertz CT molecular complexity index is 726. The number of aromatic nitrogens is 1. The average Bonchev–Trinajstić information content (AvgIpc) is 3.11. The summed E-state index contributed by atoms with van der Waals surface area (Å²) >= 11 is 1.75. The van der Waals surface area contributed by atoms with Crippen molar-refractivity contribution in [3.05, 3.63) is 45.9 Å². The molecule has 28 heavy (non-hydrogen) atoms. The molecule has 1 heterocycles. The van der Waals surface area contributed by atoms with Crippen molar-refractivity contribution >= 4 is 41.3 Å². The van der Waals surface area contributed by atoms with Gasteiger partial charge in [0.1, 0.15) is 5.75 Å². The molecule has 2 aromatic rings. The van der Waals surface area contributed by atoms with Crippen molar-refractivity contribution in [2.45, 2.75) is 58.1 Å². The van der Waals surface area contributed by atoms with Crippen molar-refractivity contribution in [3.63, 3.8) is 0 Å². The first-order valence-corrected chi connectivity index (χ1v) is 10.7. The van der Waals surface area contributed by atoms with Gasteiger partial charge < -0.3 is 15.4 Å². The molecule has 0 bridgehead atoms. The quantitative estimate of drug-likeness (QED) is 0.320. The van der Waals surface area contributed by atoms with E-state index in [1.165, 1.54) is 42.5 Å². The smallest absolute Gasteiger partial charge is 0.191 e. The van der Waals surface area contributed by atoms with Crippen LogP contribution in [0.1, 0.15) is 47.6 Å². The molecule has 1 aromatic heterocycles. The Morgan fingerprint density at radius 3 is 2.57 bits per heavy atom. The Morgan fingerprint density at radius 2 is 1.93 bits per heavy atom. The van der Waals surface area contributed by atoms with Gasteiger partial charge in [-0.1, -0.05) is 18.6 Å². The summed E-state index contributed by atoms with van der Waals surface area (Å²) in [7, 11) is 1.80. The highest BCUT2D eigenvalue weighted by atomic mass is 127. The van der Waals surface area contributed by atoms with E-state index in [-0.39, 0.29) is 24.0 Å². The van der Waals surface area contributed by atoms with E-state index in [0.29, 0.717) is 6.10 Å². The number of hydrogen-bond donors (Lipinski definition) is 2. The maximum absolute atomic E-state index is 6.09. The van der Waals surface area contributed by atoms with Crippen LogP contribution in [0.2, 0.25) is 0 Å². The van der Waals surface area contributed by atoms with Crippen LogP contribution in [0.15, 0.2) is 35.5 Å². The molecule has 154 valence electrons. The molecule has 0 amide bonds. The number of hydrogen-bond acceptors (Lipinski definition) is 4. The fraction of sp³-hybridized carbons (Fsp3) is 0.524. The lowest BCUT2D eigenvalue weighted by Gasteiger charge is -2.23. The number of guanidine groups is 1. The molecule has 0 unspecified atom stereocenters. The second kappa shape index (κ2) is 12.3. The van der Waals surface area contributed by atoms with E-state index in [1.54, 1.807) is 18.4 Å². The predicted octanol–water partition coefficient (Wildman–Crippen LogP) is 4.69. The van der Waals surface area contributed by atoms with E-state index < -0.39 is 0 Å². The molecule has 1 aromatic carbocycles. The minimum absolute atomic E-state index is 0. The van der Waals surface area contributed by atoms with Gasteiger partial charge in [0, 0.05) is 37.6 Å². The molecular weight excluding hydrogens is 483 g/mol. The maximum Gasteiger partial charge on any atom is 0.191 e. The Morgan fingerprint density at radius 1 is 1.18 bits per heavy atom. The second-order valence-electron chi connectivity index (χ2n) is 6.99. The van der Waals surface area contributed by atoms with E-state index in [0.717, 1.165) is 36.2 Å². The monoisotopic (exact) mass is 514 g/mol. The van der Waals surface area contributed by atoms with Crippen LogP contribution in [0, 0.1) is 6.92 Å². The zero-order chi connectivity index (χ0) is 18.9. The Kier molecular flexibility index (Phi) is 10.0. The Labute approximate surface area is 189 Å². The third kappa shape index (κ3) is 7.58. The van der Waals surface area contributed by atoms with Gasteiger partial charge in [0.15, 0.2) is 5.96 Å². The molecular formula is C21H31IN4OS. The van der Waals surface area contributed by atoms with Crippen LogP contribution >= 0.6 is 35.3 Å². The highest BCUT2D eigenvalue weighted by Gasteiger charge is 2.14. The molecule has 3 rings (SSSR count). The molecule has 7 heteroatoms. The summed E-state index contributed by atoms with van der Waals surface area (Å²) in [6, 6.07) is 8.40. The minimum Gasteiger partial charge on any atom is -0.490 e. The summed E-state index contributed by atoms with van der Waals surface area (Å²) in [6.45, 7) is 3.64. The van der Waals surface area contributed by atoms with Crippen molar-refractivity contribution in [2.24, 2.45) is 4.99 Å². The fourth-order valence-electron chi connectivity index (χ4n) is 3.27. The molecule has 1 saturated carbocycles. The summed E-state index contributed by atoms with van der Waals surface area (Å²) in [4.78, 5) is 9.93. The van der Waals surface area contributed by atoms with E-state index in [2.05, 4.69) is 51.8 Å². The van der Waals surface area contributed by atoms with Gasteiger partial charge >= 0.3 is 0 Å². The topological polar surface area (TPSA) is 58.5 Å². The van der Waals surface area contributed by atoms with Crippen LogP contribution < -0.4 is 15.4 Å². The van der Waals surface area contributed by atoms with Crippen LogP contribution in [-0.2, 0) is 13.0 Å². The summed E-state index contributed by atoms with van der Waals surface area (Å²) in [5.41, 5.74) is 1.21. The molecule has 1 fully saturated rings. The van der Waals surface area contributed by atoms with E-state index in [4.69, 9.17) is 4.74 Å². The first-order valence-electron chi connectivity index (χ1n) is 9.84. The van der Waals surface area contributed by atoms with E-state index in [9.17, 15) is 0 Å². The zero-order valence-electron chi connectivity index (χ0n) is 16.7. The van der Waals surface area contributed by atoms with Crippen molar-refractivity contribution in [3.8, 4) is 5.75 Å². The number of rotatable bonds is 7. The molecule has 0 aliphatic heterocycles. The number of benzene rings is 1. The van der Waals surface area contributed by atoms with Gasteiger partial charge in [-0.2, -0.15) is 0 Å². The number of aryl methyl sites for hydroxylation is 1. The fourth-order valence-corrected chi connectivity index (χ4v) is 4.06. The Balaban J connectivity index is 0.00000280. The number of thiazole rings is 1. The average molecular weight is 514 g/mol. The van der Waals surface area contributed by atoms with Crippen LogP contribution in [0.3, 0.4) is 0 Å². The van der Waals surface area contributed by atoms with Crippen molar-refractivity contribution < 1.29 is 4.74 Å².